The van der Waals surface area contributed by atoms with Crippen molar-refractivity contribution in [1.29, 1.82) is 0 Å². The van der Waals surface area contributed by atoms with Gasteiger partial charge in [0.25, 0.3) is 0 Å². The molecule has 8 heteroatoms. The van der Waals surface area contributed by atoms with E-state index < -0.39 is 35.7 Å². The molecule has 0 atom stereocenters. The van der Waals surface area contributed by atoms with Crippen LogP contribution in [0, 0.1) is 13.8 Å². The molecule has 0 amide bonds. The van der Waals surface area contributed by atoms with E-state index in [9.17, 15) is 22.8 Å². The predicted octanol–water partition coefficient (Wildman–Crippen LogP) is 5.87. The topological polar surface area (TPSA) is 48.3 Å². The number of esters is 1. The fourth-order valence-corrected chi connectivity index (χ4v) is 3.51. The summed E-state index contributed by atoms with van der Waals surface area (Å²) in [4.78, 5) is 24.8. The normalized spacial score (nSPS) is 11.4. The third kappa shape index (κ3) is 4.99. The minimum atomic E-state index is -4.71. The van der Waals surface area contributed by atoms with Gasteiger partial charge >= 0.3 is 12.1 Å². The van der Waals surface area contributed by atoms with E-state index >= 15 is 0 Å². The standard InChI is InChI=1S/C23H19ClF3NO3/c1-14-11-18(15(2)28(14)12-16-7-3-6-10-20(16)24)21(29)13-31-22(30)17-8-4-5-9-19(17)23(25,26)27/h3-11H,12-13H2,1-2H3. The molecule has 0 aliphatic carbocycles. The number of nitrogens with zero attached hydrogens (tertiary/aromatic N) is 1. The van der Waals surface area contributed by atoms with Crippen LogP contribution in [-0.2, 0) is 17.5 Å². The molecule has 0 fully saturated rings. The van der Waals surface area contributed by atoms with E-state index in [4.69, 9.17) is 16.3 Å². The van der Waals surface area contributed by atoms with Gasteiger partial charge in [-0.15, -0.1) is 0 Å². The number of carbonyl (C=O) groups excluding carboxylic acids is 2. The highest BCUT2D eigenvalue weighted by molar-refractivity contribution is 6.31. The van der Waals surface area contributed by atoms with Crippen molar-refractivity contribution in [1.82, 2.24) is 4.57 Å². The van der Waals surface area contributed by atoms with Crippen LogP contribution in [0.2, 0.25) is 5.02 Å². The summed E-state index contributed by atoms with van der Waals surface area (Å²) >= 11 is 6.22. The molecule has 0 aliphatic heterocycles. The van der Waals surface area contributed by atoms with Gasteiger partial charge in [-0.1, -0.05) is 41.9 Å². The quantitative estimate of drug-likeness (QED) is 0.349. The third-order valence-electron chi connectivity index (χ3n) is 4.95. The Hall–Kier alpha value is -3.06. The maximum Gasteiger partial charge on any atom is 0.417 e. The maximum absolute atomic E-state index is 13.1. The summed E-state index contributed by atoms with van der Waals surface area (Å²) in [6, 6.07) is 13.3. The number of aromatic nitrogens is 1. The second-order valence-electron chi connectivity index (χ2n) is 7.01. The van der Waals surface area contributed by atoms with Gasteiger partial charge in [-0.3, -0.25) is 4.79 Å². The van der Waals surface area contributed by atoms with Gasteiger partial charge in [0.2, 0.25) is 5.78 Å². The Balaban J connectivity index is 1.75. The molecule has 1 aromatic heterocycles. The SMILES string of the molecule is Cc1cc(C(=O)COC(=O)c2ccccc2C(F)(F)F)c(C)n1Cc1ccccc1Cl. The lowest BCUT2D eigenvalue weighted by Gasteiger charge is -2.12. The molecule has 0 saturated heterocycles. The zero-order valence-corrected chi connectivity index (χ0v) is 17.6. The largest absolute Gasteiger partial charge is 0.454 e. The van der Waals surface area contributed by atoms with Gasteiger partial charge in [0, 0.05) is 28.5 Å². The molecule has 3 aromatic rings. The number of benzene rings is 2. The Morgan fingerprint density at radius 3 is 2.32 bits per heavy atom. The van der Waals surface area contributed by atoms with E-state index in [1.54, 1.807) is 19.1 Å². The number of halogens is 4. The minimum absolute atomic E-state index is 0.335. The second-order valence-corrected chi connectivity index (χ2v) is 7.41. The Kier molecular flexibility index (Phi) is 6.55. The number of rotatable bonds is 6. The number of alkyl halides is 3. The van der Waals surface area contributed by atoms with Crippen LogP contribution in [0.15, 0.2) is 54.6 Å². The number of hydrogen-bond donors (Lipinski definition) is 0. The molecule has 162 valence electrons. The summed E-state index contributed by atoms with van der Waals surface area (Å²) in [5, 5.41) is 0.597. The van der Waals surface area contributed by atoms with Crippen LogP contribution < -0.4 is 0 Å². The highest BCUT2D eigenvalue weighted by Gasteiger charge is 2.35. The Bertz CT molecular complexity index is 1140. The molecular formula is C23H19ClF3NO3. The molecule has 0 aliphatic rings. The van der Waals surface area contributed by atoms with Crippen molar-refractivity contribution in [3.8, 4) is 0 Å². The van der Waals surface area contributed by atoms with Crippen molar-refractivity contribution in [2.24, 2.45) is 0 Å². The molecule has 4 nitrogen and oxygen atoms in total. The molecule has 0 spiro atoms. The zero-order chi connectivity index (χ0) is 22.8. The molecule has 31 heavy (non-hydrogen) atoms. The fourth-order valence-electron chi connectivity index (χ4n) is 3.32. The maximum atomic E-state index is 13.1. The number of aryl methyl sites for hydroxylation is 1. The van der Waals surface area contributed by atoms with Crippen molar-refractivity contribution in [2.75, 3.05) is 6.61 Å². The summed E-state index contributed by atoms with van der Waals surface area (Å²) in [6.45, 7) is 3.36. The average molecular weight is 450 g/mol. The van der Waals surface area contributed by atoms with Crippen LogP contribution >= 0.6 is 11.6 Å². The first kappa shape index (κ1) is 22.6. The van der Waals surface area contributed by atoms with Gasteiger partial charge in [-0.2, -0.15) is 13.2 Å². The van der Waals surface area contributed by atoms with Crippen molar-refractivity contribution in [3.05, 3.63) is 93.3 Å². The highest BCUT2D eigenvalue weighted by atomic mass is 35.5. The van der Waals surface area contributed by atoms with Crippen LogP contribution in [0.1, 0.15) is 43.2 Å². The van der Waals surface area contributed by atoms with Crippen molar-refractivity contribution < 1.29 is 27.5 Å². The van der Waals surface area contributed by atoms with Gasteiger partial charge in [0.05, 0.1) is 11.1 Å². The van der Waals surface area contributed by atoms with E-state index in [1.807, 2.05) is 29.7 Å². The molecule has 0 saturated carbocycles. The van der Waals surface area contributed by atoms with Gasteiger partial charge in [0.15, 0.2) is 6.61 Å². The van der Waals surface area contributed by atoms with E-state index in [2.05, 4.69) is 0 Å². The molecule has 2 aromatic carbocycles. The lowest BCUT2D eigenvalue weighted by atomic mass is 10.1. The smallest absolute Gasteiger partial charge is 0.417 e. The molecule has 0 radical (unpaired) electrons. The van der Waals surface area contributed by atoms with E-state index in [-0.39, 0.29) is 0 Å². The van der Waals surface area contributed by atoms with E-state index in [0.717, 1.165) is 23.4 Å². The molecule has 0 bridgehead atoms. The van der Waals surface area contributed by atoms with Crippen LogP contribution in [0.3, 0.4) is 0 Å². The molecule has 1 heterocycles. The summed E-state index contributed by atoms with van der Waals surface area (Å²) in [7, 11) is 0. The molecule has 0 N–H and O–H groups in total. The lowest BCUT2D eigenvalue weighted by Crippen LogP contribution is -2.18. The summed E-state index contributed by atoms with van der Waals surface area (Å²) in [6.07, 6.45) is -4.71. The Labute approximate surface area is 182 Å². The van der Waals surface area contributed by atoms with Gasteiger partial charge in [-0.25, -0.2) is 4.79 Å². The molecule has 0 unspecified atom stereocenters. The minimum Gasteiger partial charge on any atom is -0.454 e. The second kappa shape index (κ2) is 8.98. The fraction of sp³-hybridized carbons (Fsp3) is 0.217. The first-order valence-corrected chi connectivity index (χ1v) is 9.74. The Morgan fingerprint density at radius 1 is 1.00 bits per heavy atom. The average Bonchev–Trinajstić information content (AvgIpc) is 3.01. The third-order valence-corrected chi connectivity index (χ3v) is 5.32. The van der Waals surface area contributed by atoms with Crippen LogP contribution in [0.4, 0.5) is 13.2 Å². The molecule has 3 rings (SSSR count). The zero-order valence-electron chi connectivity index (χ0n) is 16.8. The summed E-state index contributed by atoms with van der Waals surface area (Å²) in [5.74, 6) is -1.71. The highest BCUT2D eigenvalue weighted by Crippen LogP contribution is 2.32. The number of Topliss-reactive ketones (excluding diaryl/α,β-unsaturated/α-hetero) is 1. The van der Waals surface area contributed by atoms with Crippen LogP contribution in [0.25, 0.3) is 0 Å². The lowest BCUT2D eigenvalue weighted by molar-refractivity contribution is -0.138. The predicted molar refractivity (Wildman–Crippen MR) is 111 cm³/mol. The van der Waals surface area contributed by atoms with Gasteiger partial charge in [0.1, 0.15) is 0 Å². The number of carbonyl (C=O) groups is 2. The number of ether oxygens (including phenoxy) is 1. The van der Waals surface area contributed by atoms with Crippen LogP contribution in [0.5, 0.6) is 0 Å². The van der Waals surface area contributed by atoms with Crippen molar-refractivity contribution >= 4 is 23.4 Å². The number of hydrogen-bond acceptors (Lipinski definition) is 3. The molecular weight excluding hydrogens is 431 g/mol. The van der Waals surface area contributed by atoms with E-state index in [0.29, 0.717) is 22.8 Å². The first-order chi connectivity index (χ1) is 14.6. The first-order valence-electron chi connectivity index (χ1n) is 9.36. The van der Waals surface area contributed by atoms with Gasteiger partial charge < -0.3 is 9.30 Å². The van der Waals surface area contributed by atoms with Crippen molar-refractivity contribution in [2.45, 2.75) is 26.6 Å². The van der Waals surface area contributed by atoms with Crippen LogP contribution in [-0.4, -0.2) is 22.9 Å². The summed E-state index contributed by atoms with van der Waals surface area (Å²) in [5.41, 5.74) is 0.919. The summed E-state index contributed by atoms with van der Waals surface area (Å²) < 4.78 is 46.1. The monoisotopic (exact) mass is 449 g/mol. The van der Waals surface area contributed by atoms with E-state index in [1.165, 1.54) is 12.1 Å². The van der Waals surface area contributed by atoms with Gasteiger partial charge in [-0.05, 0) is 43.7 Å². The number of ketones is 1. The van der Waals surface area contributed by atoms with Crippen molar-refractivity contribution in [3.63, 3.8) is 0 Å². The Morgan fingerprint density at radius 2 is 1.65 bits per heavy atom.